The lowest BCUT2D eigenvalue weighted by atomic mass is 10.0. The van der Waals surface area contributed by atoms with Crippen LogP contribution in [0, 0.1) is 0 Å². The molecule has 318 valence electrons. The van der Waals surface area contributed by atoms with E-state index in [-0.39, 0.29) is 38.2 Å². The number of nitrogens with one attached hydrogen (secondary N) is 5. The fourth-order valence-corrected chi connectivity index (χ4v) is 5.68. The van der Waals surface area contributed by atoms with E-state index < -0.39 is 90.2 Å². The average molecular weight is 812 g/mol. The molecule has 0 aromatic heterocycles. The van der Waals surface area contributed by atoms with Gasteiger partial charge in [-0.05, 0) is 50.3 Å². The minimum atomic E-state index is -1.71. The maximum atomic E-state index is 14.0. The number of hydrogen-bond acceptors (Lipinski definition) is 11. The summed E-state index contributed by atoms with van der Waals surface area (Å²) in [4.78, 5) is 95.2. The molecule has 17 N–H and O–H groups in total. The predicted molar refractivity (Wildman–Crippen MR) is 214 cm³/mol. The van der Waals surface area contributed by atoms with Gasteiger partial charge >= 0.3 is 5.97 Å². The number of benzene rings is 2. The third kappa shape index (κ3) is 17.8. The van der Waals surface area contributed by atoms with E-state index in [1.54, 1.807) is 60.7 Å². The summed E-state index contributed by atoms with van der Waals surface area (Å²) in [5.74, 6) is -7.05. The van der Waals surface area contributed by atoms with Gasteiger partial charge in [-0.1, -0.05) is 67.1 Å². The molecule has 0 saturated heterocycles. The molecule has 0 spiro atoms. The van der Waals surface area contributed by atoms with E-state index in [4.69, 9.17) is 28.7 Å². The van der Waals surface area contributed by atoms with Crippen LogP contribution in [0.4, 0.5) is 0 Å². The van der Waals surface area contributed by atoms with E-state index in [0.29, 0.717) is 36.9 Å². The van der Waals surface area contributed by atoms with Gasteiger partial charge in [0.05, 0.1) is 18.6 Å². The normalized spacial score (nSPS) is 14.5. The highest BCUT2D eigenvalue weighted by Gasteiger charge is 2.35. The van der Waals surface area contributed by atoms with E-state index in [0.717, 1.165) is 0 Å². The second-order valence-corrected chi connectivity index (χ2v) is 13.7. The highest BCUT2D eigenvalue weighted by atomic mass is 16.4. The van der Waals surface area contributed by atoms with E-state index in [9.17, 15) is 43.8 Å². The first kappa shape index (κ1) is 48.0. The Bertz CT molecular complexity index is 1690. The van der Waals surface area contributed by atoms with Gasteiger partial charge in [0.25, 0.3) is 0 Å². The molecule has 20 nitrogen and oxygen atoms in total. The number of aliphatic hydroxyl groups excluding tert-OH is 1. The van der Waals surface area contributed by atoms with Gasteiger partial charge in [0.1, 0.15) is 30.2 Å². The Hall–Kier alpha value is -6.12. The third-order valence-corrected chi connectivity index (χ3v) is 8.80. The number of carbonyl (C=O) groups excluding carboxylic acids is 6. The van der Waals surface area contributed by atoms with Crippen molar-refractivity contribution in [2.75, 3.05) is 13.1 Å². The Morgan fingerprint density at radius 1 is 0.638 bits per heavy atom. The first-order chi connectivity index (χ1) is 27.5. The van der Waals surface area contributed by atoms with Gasteiger partial charge in [0.2, 0.25) is 35.4 Å². The van der Waals surface area contributed by atoms with E-state index in [1.807, 2.05) is 0 Å². The zero-order chi connectivity index (χ0) is 43.2. The summed E-state index contributed by atoms with van der Waals surface area (Å²) in [5.41, 5.74) is 28.8. The van der Waals surface area contributed by atoms with Gasteiger partial charge in [0.15, 0.2) is 5.96 Å². The second-order valence-electron chi connectivity index (χ2n) is 13.7. The number of guanidine groups is 1. The molecule has 0 heterocycles. The number of aliphatic hydroxyl groups is 1. The SMILES string of the molecule is C[C@@H](O)[C@H](NC(=O)[C@H](Cc1ccccc1)NC(=O)[C@@H](N)CCCCN)C(=O)N[C@@H](Cc1ccccc1)C(=O)N[C@@H](CCCN=C(N)N)C(=O)N[C@@H](CC(N)=O)C(=O)O. The maximum Gasteiger partial charge on any atom is 0.326 e. The molecule has 0 fully saturated rings. The van der Waals surface area contributed by atoms with Crippen molar-refractivity contribution >= 4 is 47.4 Å². The van der Waals surface area contributed by atoms with Crippen LogP contribution >= 0.6 is 0 Å². The van der Waals surface area contributed by atoms with Crippen LogP contribution in [0.15, 0.2) is 65.7 Å². The van der Waals surface area contributed by atoms with Crippen molar-refractivity contribution in [1.29, 1.82) is 0 Å². The number of carboxylic acids is 1. The van der Waals surface area contributed by atoms with Gasteiger partial charge in [0, 0.05) is 19.4 Å². The molecule has 6 amide bonds. The highest BCUT2D eigenvalue weighted by Crippen LogP contribution is 2.10. The number of nitrogens with two attached hydrogens (primary N) is 5. The standard InChI is InChI=1S/C38H57N11O9/c1-22(50)31(49-35(55)28(20-24-13-6-3-7-14-24)46-32(52)25(40)15-8-9-17-39)36(56)47-27(19-23-11-4-2-5-12-23)34(54)45-26(16-10-18-44-38(42)43)33(53)48-29(37(57)58)21-30(41)51/h2-7,11-14,22,25-29,31,50H,8-10,15-21,39-40H2,1H3,(H2,41,51)(H,45,54)(H,46,52)(H,47,56)(H,48,53)(H,49,55)(H,57,58)(H4,42,43,44)/t22-,25+,26+,27+,28+,29+,31+/m1/s1. The molecule has 2 rings (SSSR count). The van der Waals surface area contributed by atoms with Gasteiger partial charge < -0.3 is 65.5 Å². The molecule has 20 heteroatoms. The average Bonchev–Trinajstić information content (AvgIpc) is 3.17. The largest absolute Gasteiger partial charge is 0.480 e. The number of amides is 6. The molecule has 0 saturated carbocycles. The Morgan fingerprint density at radius 3 is 1.60 bits per heavy atom. The van der Waals surface area contributed by atoms with Crippen molar-refractivity contribution in [2.24, 2.45) is 33.7 Å². The first-order valence-corrected chi connectivity index (χ1v) is 18.8. The molecule has 0 radical (unpaired) electrons. The van der Waals surface area contributed by atoms with Crippen LogP contribution in [-0.4, -0.2) is 113 Å². The molecular weight excluding hydrogens is 754 g/mol. The topological polar surface area (TPSA) is 363 Å². The molecule has 0 unspecified atom stereocenters. The maximum absolute atomic E-state index is 14.0. The fraction of sp³-hybridized carbons (Fsp3) is 0.474. The summed E-state index contributed by atoms with van der Waals surface area (Å²) < 4.78 is 0. The Labute approximate surface area is 336 Å². The second kappa shape index (κ2) is 25.2. The molecular formula is C38H57N11O9. The van der Waals surface area contributed by atoms with Crippen LogP contribution in [-0.2, 0) is 46.4 Å². The first-order valence-electron chi connectivity index (χ1n) is 18.8. The molecule has 0 aliphatic heterocycles. The number of aliphatic carboxylic acids is 1. The Balaban J connectivity index is 2.39. The number of rotatable bonds is 26. The van der Waals surface area contributed by atoms with Gasteiger partial charge in [-0.25, -0.2) is 4.79 Å². The molecule has 2 aromatic carbocycles. The number of primary amides is 1. The van der Waals surface area contributed by atoms with Crippen LogP contribution in [0.2, 0.25) is 0 Å². The van der Waals surface area contributed by atoms with E-state index >= 15 is 0 Å². The zero-order valence-electron chi connectivity index (χ0n) is 32.5. The van der Waals surface area contributed by atoms with Crippen molar-refractivity contribution in [3.8, 4) is 0 Å². The number of carboxylic acid groups (broad SMARTS) is 1. The van der Waals surface area contributed by atoms with Crippen molar-refractivity contribution in [3.05, 3.63) is 71.8 Å². The Morgan fingerprint density at radius 2 is 1.12 bits per heavy atom. The van der Waals surface area contributed by atoms with Gasteiger partial charge in [-0.2, -0.15) is 0 Å². The Kier molecular flexibility index (Phi) is 20.9. The molecule has 2 aromatic rings. The number of aliphatic imine (C=N–C) groups is 1. The van der Waals surface area contributed by atoms with Crippen LogP contribution < -0.4 is 55.3 Å². The van der Waals surface area contributed by atoms with Crippen molar-refractivity contribution in [2.45, 2.75) is 101 Å². The third-order valence-electron chi connectivity index (χ3n) is 8.80. The summed E-state index contributed by atoms with van der Waals surface area (Å²) in [7, 11) is 0. The lowest BCUT2D eigenvalue weighted by Crippen LogP contribution is -2.62. The van der Waals surface area contributed by atoms with Crippen LogP contribution in [0.3, 0.4) is 0 Å². The summed E-state index contributed by atoms with van der Waals surface area (Å²) in [6.07, 6.45) is -0.780. The molecule has 0 bridgehead atoms. The minimum Gasteiger partial charge on any atom is -0.480 e. The number of unbranched alkanes of at least 4 members (excludes halogenated alkanes) is 1. The summed E-state index contributed by atoms with van der Waals surface area (Å²) in [6, 6.07) is 8.88. The van der Waals surface area contributed by atoms with Gasteiger partial charge in [-0.3, -0.25) is 33.8 Å². The van der Waals surface area contributed by atoms with E-state index in [2.05, 4.69) is 31.6 Å². The smallest absolute Gasteiger partial charge is 0.326 e. The van der Waals surface area contributed by atoms with E-state index in [1.165, 1.54) is 6.92 Å². The van der Waals surface area contributed by atoms with Gasteiger partial charge in [-0.15, -0.1) is 0 Å². The zero-order valence-corrected chi connectivity index (χ0v) is 32.5. The lowest BCUT2D eigenvalue weighted by Gasteiger charge is -2.28. The molecule has 7 atom stereocenters. The van der Waals surface area contributed by atoms with Crippen molar-refractivity contribution < 1.29 is 43.8 Å². The number of hydrogen-bond donors (Lipinski definition) is 12. The van der Waals surface area contributed by atoms with Crippen LogP contribution in [0.1, 0.15) is 56.6 Å². The minimum absolute atomic E-state index is 0.00985. The highest BCUT2D eigenvalue weighted by molar-refractivity contribution is 5.97. The lowest BCUT2D eigenvalue weighted by molar-refractivity contribution is -0.143. The molecule has 0 aliphatic carbocycles. The van der Waals surface area contributed by atoms with Crippen molar-refractivity contribution in [1.82, 2.24) is 26.6 Å². The number of nitrogens with zero attached hydrogens (tertiary/aromatic N) is 1. The summed E-state index contributed by atoms with van der Waals surface area (Å²) in [6.45, 7) is 1.71. The fourth-order valence-electron chi connectivity index (χ4n) is 5.68. The van der Waals surface area contributed by atoms with Crippen LogP contribution in [0.5, 0.6) is 0 Å². The quantitative estimate of drug-likeness (QED) is 0.0253. The molecule has 58 heavy (non-hydrogen) atoms. The molecule has 0 aliphatic rings. The van der Waals surface area contributed by atoms with Crippen LogP contribution in [0.25, 0.3) is 0 Å². The predicted octanol–water partition coefficient (Wildman–Crippen LogP) is -3.25. The summed E-state index contributed by atoms with van der Waals surface area (Å²) >= 11 is 0. The monoisotopic (exact) mass is 811 g/mol. The summed E-state index contributed by atoms with van der Waals surface area (Å²) in [5, 5.41) is 32.7. The van der Waals surface area contributed by atoms with Crippen molar-refractivity contribution in [3.63, 3.8) is 0 Å². The number of carbonyl (C=O) groups is 7.